The molecule has 0 bridgehead atoms. The Kier molecular flexibility index (Phi) is 3.78. The summed E-state index contributed by atoms with van der Waals surface area (Å²) in [6, 6.07) is 9.65. The van der Waals surface area contributed by atoms with E-state index in [2.05, 4.69) is 22.0 Å². The maximum atomic E-state index is 8.73. The predicted octanol–water partition coefficient (Wildman–Crippen LogP) is 3.04. The van der Waals surface area contributed by atoms with Crippen molar-refractivity contribution in [2.45, 2.75) is 11.8 Å². The molecule has 0 amide bonds. The predicted molar refractivity (Wildman–Crippen MR) is 54.9 cm³/mol. The third-order valence-corrected chi connectivity index (χ3v) is 2.30. The van der Waals surface area contributed by atoms with E-state index in [1.54, 1.807) is 0 Å². The van der Waals surface area contributed by atoms with Gasteiger partial charge in [-0.05, 0) is 13.0 Å². The number of rotatable bonds is 3. The van der Waals surface area contributed by atoms with Gasteiger partial charge in [-0.25, -0.2) is 0 Å². The molecule has 0 N–H and O–H groups in total. The summed E-state index contributed by atoms with van der Waals surface area (Å²) >= 11 is 3.26. The first-order chi connectivity index (χ1) is 6.29. The number of alkyl halides is 1. The van der Waals surface area contributed by atoms with Gasteiger partial charge in [-0.15, -0.1) is 0 Å². The Bertz CT molecular complexity index is 319. The van der Waals surface area contributed by atoms with Crippen LogP contribution in [0.4, 0.5) is 0 Å². The molecule has 0 spiro atoms. The molecule has 3 heteroatoms. The van der Waals surface area contributed by atoms with E-state index in [-0.39, 0.29) is 4.83 Å². The van der Waals surface area contributed by atoms with Gasteiger partial charge in [0.2, 0.25) is 0 Å². The zero-order valence-corrected chi connectivity index (χ0v) is 8.91. The molecule has 0 fully saturated rings. The Hall–Kier alpha value is -1.01. The number of nitrogens with zero attached hydrogens (tertiary/aromatic N) is 1. The summed E-state index contributed by atoms with van der Waals surface area (Å²) in [6.07, 6.45) is 0. The van der Waals surface area contributed by atoms with E-state index < -0.39 is 0 Å². The SMILES string of the molecule is CCOc1ccccc1C(Br)C#N. The lowest BCUT2D eigenvalue weighted by Crippen LogP contribution is -1.96. The van der Waals surface area contributed by atoms with E-state index in [0.717, 1.165) is 11.3 Å². The summed E-state index contributed by atoms with van der Waals surface area (Å²) in [5, 5.41) is 8.73. The van der Waals surface area contributed by atoms with E-state index >= 15 is 0 Å². The van der Waals surface area contributed by atoms with Gasteiger partial charge in [0.25, 0.3) is 0 Å². The molecule has 1 unspecified atom stereocenters. The molecule has 13 heavy (non-hydrogen) atoms. The summed E-state index contributed by atoms with van der Waals surface area (Å²) in [5.74, 6) is 0.772. The van der Waals surface area contributed by atoms with Gasteiger partial charge in [-0.2, -0.15) is 5.26 Å². The number of nitriles is 1. The highest BCUT2D eigenvalue weighted by molar-refractivity contribution is 9.09. The minimum absolute atomic E-state index is 0.296. The Balaban J connectivity index is 2.98. The first-order valence-corrected chi connectivity index (χ1v) is 4.96. The fourth-order valence-corrected chi connectivity index (χ4v) is 1.42. The van der Waals surface area contributed by atoms with Gasteiger partial charge in [-0.1, -0.05) is 34.1 Å². The van der Waals surface area contributed by atoms with Crippen LogP contribution >= 0.6 is 15.9 Å². The van der Waals surface area contributed by atoms with Crippen LogP contribution in [-0.4, -0.2) is 6.61 Å². The second-order valence-corrected chi connectivity index (χ2v) is 3.38. The van der Waals surface area contributed by atoms with Crippen LogP contribution in [0, 0.1) is 11.3 Å². The first kappa shape index (κ1) is 10.1. The first-order valence-electron chi connectivity index (χ1n) is 4.05. The molecule has 0 aromatic heterocycles. The average Bonchev–Trinajstić information content (AvgIpc) is 2.18. The fraction of sp³-hybridized carbons (Fsp3) is 0.300. The van der Waals surface area contributed by atoms with Gasteiger partial charge in [0.15, 0.2) is 0 Å². The molecule has 0 radical (unpaired) electrons. The molecule has 0 aliphatic rings. The number of halogens is 1. The van der Waals surface area contributed by atoms with Crippen molar-refractivity contribution in [3.8, 4) is 11.8 Å². The molecule has 1 aromatic carbocycles. The lowest BCUT2D eigenvalue weighted by Gasteiger charge is -2.09. The zero-order valence-electron chi connectivity index (χ0n) is 7.33. The summed E-state index contributed by atoms with van der Waals surface area (Å²) in [7, 11) is 0. The quantitative estimate of drug-likeness (QED) is 0.760. The van der Waals surface area contributed by atoms with Gasteiger partial charge in [0.1, 0.15) is 10.6 Å². The van der Waals surface area contributed by atoms with Crippen LogP contribution in [0.1, 0.15) is 17.3 Å². The Morgan fingerprint density at radius 1 is 1.54 bits per heavy atom. The summed E-state index contributed by atoms with van der Waals surface area (Å²) < 4.78 is 5.38. The highest BCUT2D eigenvalue weighted by atomic mass is 79.9. The largest absolute Gasteiger partial charge is 0.494 e. The van der Waals surface area contributed by atoms with E-state index in [4.69, 9.17) is 10.00 Å². The maximum absolute atomic E-state index is 8.73. The van der Waals surface area contributed by atoms with E-state index in [0.29, 0.717) is 6.61 Å². The summed E-state index contributed by atoms with van der Waals surface area (Å²) in [5.41, 5.74) is 0.881. The number of para-hydroxylation sites is 1. The van der Waals surface area contributed by atoms with E-state index in [1.807, 2.05) is 31.2 Å². The molecule has 0 saturated carbocycles. The molecule has 0 heterocycles. The van der Waals surface area contributed by atoms with Crippen LogP contribution in [0.3, 0.4) is 0 Å². The van der Waals surface area contributed by atoms with Crippen molar-refractivity contribution in [1.29, 1.82) is 5.26 Å². The maximum Gasteiger partial charge on any atom is 0.130 e. The third kappa shape index (κ3) is 2.46. The van der Waals surface area contributed by atoms with E-state index in [1.165, 1.54) is 0 Å². The van der Waals surface area contributed by atoms with Gasteiger partial charge in [-0.3, -0.25) is 0 Å². The molecule has 2 nitrogen and oxygen atoms in total. The third-order valence-electron chi connectivity index (χ3n) is 1.61. The van der Waals surface area contributed by atoms with Crippen molar-refractivity contribution in [2.75, 3.05) is 6.61 Å². The molecular formula is C10H10BrNO. The molecule has 0 aliphatic heterocycles. The summed E-state index contributed by atoms with van der Waals surface area (Å²) in [4.78, 5) is -0.296. The van der Waals surface area contributed by atoms with Gasteiger partial charge < -0.3 is 4.74 Å². The molecule has 1 aromatic rings. The van der Waals surface area contributed by atoms with Crippen LogP contribution in [-0.2, 0) is 0 Å². The number of hydrogen-bond donors (Lipinski definition) is 0. The van der Waals surface area contributed by atoms with Gasteiger partial charge in [0, 0.05) is 5.56 Å². The van der Waals surface area contributed by atoms with Crippen molar-refractivity contribution in [3.05, 3.63) is 29.8 Å². The molecule has 0 saturated heterocycles. The second-order valence-electron chi connectivity index (χ2n) is 2.46. The van der Waals surface area contributed by atoms with Crippen LogP contribution in [0.2, 0.25) is 0 Å². The van der Waals surface area contributed by atoms with Crippen LogP contribution in [0.25, 0.3) is 0 Å². The summed E-state index contributed by atoms with van der Waals surface area (Å²) in [6.45, 7) is 2.54. The van der Waals surface area contributed by atoms with Crippen molar-refractivity contribution in [1.82, 2.24) is 0 Å². The minimum Gasteiger partial charge on any atom is -0.494 e. The number of ether oxygens (including phenoxy) is 1. The van der Waals surface area contributed by atoms with Crippen molar-refractivity contribution < 1.29 is 4.74 Å². The molecule has 0 aliphatic carbocycles. The second kappa shape index (κ2) is 4.88. The van der Waals surface area contributed by atoms with Crippen LogP contribution in [0.15, 0.2) is 24.3 Å². The van der Waals surface area contributed by atoms with Crippen LogP contribution < -0.4 is 4.74 Å². The van der Waals surface area contributed by atoms with Crippen molar-refractivity contribution in [2.24, 2.45) is 0 Å². The smallest absolute Gasteiger partial charge is 0.130 e. The Morgan fingerprint density at radius 2 is 2.23 bits per heavy atom. The normalized spacial score (nSPS) is 11.8. The standard InChI is InChI=1S/C10H10BrNO/c1-2-13-10-6-4-3-5-8(10)9(11)7-12/h3-6,9H,2H2,1H3. The average molecular weight is 240 g/mol. The van der Waals surface area contributed by atoms with Gasteiger partial charge >= 0.3 is 0 Å². The molecule has 1 rings (SSSR count). The minimum atomic E-state index is -0.296. The zero-order chi connectivity index (χ0) is 9.68. The Morgan fingerprint density at radius 3 is 2.85 bits per heavy atom. The lowest BCUT2D eigenvalue weighted by molar-refractivity contribution is 0.337. The van der Waals surface area contributed by atoms with Crippen molar-refractivity contribution >= 4 is 15.9 Å². The number of benzene rings is 1. The van der Waals surface area contributed by atoms with Crippen LogP contribution in [0.5, 0.6) is 5.75 Å². The lowest BCUT2D eigenvalue weighted by atomic mass is 10.1. The topological polar surface area (TPSA) is 33.0 Å². The van der Waals surface area contributed by atoms with Crippen molar-refractivity contribution in [3.63, 3.8) is 0 Å². The molecule has 1 atom stereocenters. The van der Waals surface area contributed by atoms with E-state index in [9.17, 15) is 0 Å². The molecular weight excluding hydrogens is 230 g/mol. The highest BCUT2D eigenvalue weighted by Crippen LogP contribution is 2.30. The highest BCUT2D eigenvalue weighted by Gasteiger charge is 2.10. The monoisotopic (exact) mass is 239 g/mol. The fourth-order valence-electron chi connectivity index (χ4n) is 1.05. The number of hydrogen-bond acceptors (Lipinski definition) is 2. The van der Waals surface area contributed by atoms with Gasteiger partial charge in [0.05, 0.1) is 12.7 Å². The molecule has 68 valence electrons. The Labute approximate surface area is 86.3 Å².